The average Bonchev–Trinajstić information content (AvgIpc) is 2.79. The highest BCUT2D eigenvalue weighted by Crippen LogP contribution is 2.15. The van der Waals surface area contributed by atoms with Gasteiger partial charge in [-0.15, -0.1) is 0 Å². The maximum atomic E-state index is 4.52. The second-order valence-corrected chi connectivity index (χ2v) is 5.72. The van der Waals surface area contributed by atoms with Crippen molar-refractivity contribution in [2.24, 2.45) is 0 Å². The van der Waals surface area contributed by atoms with Gasteiger partial charge < -0.3 is 4.40 Å². The molecule has 0 fully saturated rings. The third-order valence-electron chi connectivity index (χ3n) is 3.29. The highest BCUT2D eigenvalue weighted by Gasteiger charge is 2.04. The Hall–Kier alpha value is -1.61. The quantitative estimate of drug-likeness (QED) is 0.708. The molecule has 0 saturated heterocycles. The molecule has 0 saturated carbocycles. The maximum Gasteiger partial charge on any atom is 0.113 e. The van der Waals surface area contributed by atoms with Crippen LogP contribution in [0.15, 0.2) is 53.3 Å². The van der Waals surface area contributed by atoms with Gasteiger partial charge in [0.1, 0.15) is 5.82 Å². The van der Waals surface area contributed by atoms with Crippen molar-refractivity contribution in [2.75, 3.05) is 0 Å². The van der Waals surface area contributed by atoms with Crippen LogP contribution in [0.3, 0.4) is 0 Å². The summed E-state index contributed by atoms with van der Waals surface area (Å²) in [4.78, 5) is 4.52. The van der Waals surface area contributed by atoms with E-state index in [4.69, 9.17) is 0 Å². The Balaban J connectivity index is 1.84. The minimum Gasteiger partial charge on any atom is -0.303 e. The number of hydrogen-bond donors (Lipinski definition) is 0. The monoisotopic (exact) mass is 314 g/mol. The van der Waals surface area contributed by atoms with Crippen molar-refractivity contribution in [3.63, 3.8) is 0 Å². The van der Waals surface area contributed by atoms with Crippen molar-refractivity contribution < 1.29 is 0 Å². The van der Waals surface area contributed by atoms with Gasteiger partial charge in [-0.05, 0) is 47.0 Å². The number of pyridine rings is 1. The minimum absolute atomic E-state index is 0.952. The summed E-state index contributed by atoms with van der Waals surface area (Å²) in [7, 11) is 0. The molecule has 0 bridgehead atoms. The summed E-state index contributed by atoms with van der Waals surface area (Å²) in [6.07, 6.45) is 5.98. The zero-order valence-electron chi connectivity index (χ0n) is 10.8. The largest absolute Gasteiger partial charge is 0.303 e. The van der Waals surface area contributed by atoms with Gasteiger partial charge in [-0.25, -0.2) is 4.98 Å². The molecular weight excluding hydrogens is 300 g/mol. The molecule has 19 heavy (non-hydrogen) atoms. The van der Waals surface area contributed by atoms with Crippen LogP contribution in [0, 0.1) is 6.92 Å². The van der Waals surface area contributed by atoms with Gasteiger partial charge in [0, 0.05) is 17.1 Å². The third kappa shape index (κ3) is 2.71. The van der Waals surface area contributed by atoms with E-state index in [-0.39, 0.29) is 0 Å². The number of imidazole rings is 1. The molecule has 96 valence electrons. The second kappa shape index (κ2) is 5.17. The van der Waals surface area contributed by atoms with E-state index in [1.807, 2.05) is 12.3 Å². The Labute approximate surface area is 121 Å². The normalized spacial score (nSPS) is 11.1. The number of nitrogens with zero attached hydrogens (tertiary/aromatic N) is 2. The van der Waals surface area contributed by atoms with Crippen LogP contribution < -0.4 is 0 Å². The fraction of sp³-hybridized carbons (Fsp3) is 0.188. The van der Waals surface area contributed by atoms with Crippen LogP contribution in [0.5, 0.6) is 0 Å². The van der Waals surface area contributed by atoms with Crippen molar-refractivity contribution in [3.05, 3.63) is 70.2 Å². The molecular formula is C16H15BrN2. The van der Waals surface area contributed by atoms with E-state index in [1.165, 1.54) is 11.1 Å². The van der Waals surface area contributed by atoms with Gasteiger partial charge in [0.15, 0.2) is 0 Å². The molecule has 3 aromatic rings. The van der Waals surface area contributed by atoms with E-state index in [1.54, 1.807) is 0 Å². The minimum atomic E-state index is 0.952. The smallest absolute Gasteiger partial charge is 0.113 e. The van der Waals surface area contributed by atoms with E-state index in [0.29, 0.717) is 0 Å². The van der Waals surface area contributed by atoms with Crippen LogP contribution in [-0.2, 0) is 12.8 Å². The highest BCUT2D eigenvalue weighted by atomic mass is 79.9. The van der Waals surface area contributed by atoms with E-state index < -0.39 is 0 Å². The molecule has 2 aromatic heterocycles. The molecule has 0 aliphatic rings. The first-order chi connectivity index (χ1) is 9.22. The first-order valence-electron chi connectivity index (χ1n) is 6.39. The first kappa shape index (κ1) is 12.4. The lowest BCUT2D eigenvalue weighted by Crippen LogP contribution is -1.98. The number of halogens is 1. The fourth-order valence-electron chi connectivity index (χ4n) is 2.33. The van der Waals surface area contributed by atoms with E-state index in [2.05, 4.69) is 68.8 Å². The standard InChI is InChI=1S/C16H15BrN2/c1-12-3-2-4-13(9-12)5-8-16-18-10-15-7-6-14(17)11-19(15)16/h2-4,6-7,9-11H,5,8H2,1H3. The lowest BCUT2D eigenvalue weighted by atomic mass is 10.1. The summed E-state index contributed by atoms with van der Waals surface area (Å²) in [5.41, 5.74) is 3.82. The zero-order valence-corrected chi connectivity index (χ0v) is 12.4. The Kier molecular flexibility index (Phi) is 3.38. The fourth-order valence-corrected chi connectivity index (χ4v) is 2.66. The van der Waals surface area contributed by atoms with Crippen LogP contribution >= 0.6 is 15.9 Å². The van der Waals surface area contributed by atoms with Gasteiger partial charge in [-0.3, -0.25) is 0 Å². The lowest BCUT2D eigenvalue weighted by Gasteiger charge is -2.03. The zero-order chi connectivity index (χ0) is 13.2. The molecule has 3 heteroatoms. The predicted molar refractivity (Wildman–Crippen MR) is 81.5 cm³/mol. The van der Waals surface area contributed by atoms with Crippen LogP contribution in [0.2, 0.25) is 0 Å². The van der Waals surface area contributed by atoms with Crippen LogP contribution in [0.4, 0.5) is 0 Å². The topological polar surface area (TPSA) is 17.3 Å². The van der Waals surface area contributed by atoms with E-state index in [9.17, 15) is 0 Å². The molecule has 1 aromatic carbocycles. The summed E-state index contributed by atoms with van der Waals surface area (Å²) in [5, 5.41) is 0. The summed E-state index contributed by atoms with van der Waals surface area (Å²) in [5.74, 6) is 1.11. The number of fused-ring (bicyclic) bond motifs is 1. The lowest BCUT2D eigenvalue weighted by molar-refractivity contribution is 0.852. The van der Waals surface area contributed by atoms with Gasteiger partial charge in [0.25, 0.3) is 0 Å². The summed E-state index contributed by atoms with van der Waals surface area (Å²) in [6.45, 7) is 2.13. The molecule has 0 atom stereocenters. The second-order valence-electron chi connectivity index (χ2n) is 4.81. The Morgan fingerprint density at radius 3 is 2.89 bits per heavy atom. The van der Waals surface area contributed by atoms with Gasteiger partial charge in [0.2, 0.25) is 0 Å². The Bertz CT molecular complexity index is 716. The molecule has 0 amide bonds. The molecule has 3 rings (SSSR count). The average molecular weight is 315 g/mol. The number of aryl methyl sites for hydroxylation is 3. The molecule has 0 spiro atoms. The number of benzene rings is 1. The molecule has 0 aliphatic heterocycles. The van der Waals surface area contributed by atoms with Gasteiger partial charge >= 0.3 is 0 Å². The highest BCUT2D eigenvalue weighted by molar-refractivity contribution is 9.10. The SMILES string of the molecule is Cc1cccc(CCc2ncc3ccc(Br)cn23)c1. The molecule has 0 aliphatic carbocycles. The third-order valence-corrected chi connectivity index (χ3v) is 3.76. The van der Waals surface area contributed by atoms with Gasteiger partial charge in [-0.1, -0.05) is 29.8 Å². The van der Waals surface area contributed by atoms with Crippen LogP contribution in [-0.4, -0.2) is 9.38 Å². The van der Waals surface area contributed by atoms with Crippen molar-refractivity contribution in [1.29, 1.82) is 0 Å². The van der Waals surface area contributed by atoms with Crippen molar-refractivity contribution in [1.82, 2.24) is 9.38 Å². The maximum absolute atomic E-state index is 4.52. The summed E-state index contributed by atoms with van der Waals surface area (Å²) in [6, 6.07) is 12.8. The molecule has 2 nitrogen and oxygen atoms in total. The Morgan fingerprint density at radius 1 is 1.16 bits per heavy atom. The number of hydrogen-bond acceptors (Lipinski definition) is 1. The Morgan fingerprint density at radius 2 is 2.05 bits per heavy atom. The van der Waals surface area contributed by atoms with Gasteiger partial charge in [0.05, 0.1) is 11.7 Å². The predicted octanol–water partition coefficient (Wildman–Crippen LogP) is 4.19. The van der Waals surface area contributed by atoms with E-state index in [0.717, 1.165) is 28.7 Å². The number of rotatable bonds is 3. The summed E-state index contributed by atoms with van der Waals surface area (Å²) < 4.78 is 3.23. The van der Waals surface area contributed by atoms with Crippen LogP contribution in [0.1, 0.15) is 17.0 Å². The van der Waals surface area contributed by atoms with E-state index >= 15 is 0 Å². The van der Waals surface area contributed by atoms with Crippen molar-refractivity contribution in [2.45, 2.75) is 19.8 Å². The first-order valence-corrected chi connectivity index (χ1v) is 7.19. The van der Waals surface area contributed by atoms with Gasteiger partial charge in [-0.2, -0.15) is 0 Å². The summed E-state index contributed by atoms with van der Waals surface area (Å²) >= 11 is 3.51. The molecule has 2 heterocycles. The molecule has 0 radical (unpaired) electrons. The van der Waals surface area contributed by atoms with Crippen LogP contribution in [0.25, 0.3) is 5.52 Å². The van der Waals surface area contributed by atoms with Crippen molar-refractivity contribution in [3.8, 4) is 0 Å². The molecule has 0 N–H and O–H groups in total. The van der Waals surface area contributed by atoms with Crippen molar-refractivity contribution >= 4 is 21.4 Å². The number of aromatic nitrogens is 2. The molecule has 0 unspecified atom stereocenters.